The van der Waals surface area contributed by atoms with Crippen LogP contribution < -0.4 is 14.4 Å². The van der Waals surface area contributed by atoms with Crippen LogP contribution in [0.4, 0.5) is 16.6 Å². The van der Waals surface area contributed by atoms with Crippen molar-refractivity contribution in [2.45, 2.75) is 4.90 Å². The van der Waals surface area contributed by atoms with E-state index in [-0.39, 0.29) is 4.90 Å². The predicted molar refractivity (Wildman–Crippen MR) is 106 cm³/mol. The monoisotopic (exact) mass is 442 g/mol. The van der Waals surface area contributed by atoms with Crippen molar-refractivity contribution in [2.75, 3.05) is 22.8 Å². The lowest BCUT2D eigenvalue weighted by atomic mass is 10.2. The van der Waals surface area contributed by atoms with Crippen LogP contribution >= 0.6 is 34.5 Å². The van der Waals surface area contributed by atoms with Gasteiger partial charge >= 0.3 is 0 Å². The van der Waals surface area contributed by atoms with Crippen LogP contribution in [0.15, 0.2) is 46.9 Å². The number of halogens is 2. The number of pyridine rings is 1. The van der Waals surface area contributed by atoms with Crippen LogP contribution in [0, 0.1) is 0 Å². The van der Waals surface area contributed by atoms with Gasteiger partial charge in [0.2, 0.25) is 0 Å². The summed E-state index contributed by atoms with van der Waals surface area (Å²) in [4.78, 5) is 10.2. The molecule has 0 bridgehead atoms. The van der Waals surface area contributed by atoms with Crippen molar-refractivity contribution in [1.82, 2.24) is 9.97 Å². The Morgan fingerprint density at radius 3 is 2.81 bits per heavy atom. The van der Waals surface area contributed by atoms with E-state index >= 15 is 0 Å². The Hall–Kier alpha value is -2.07. The number of aromatic nitrogens is 2. The highest BCUT2D eigenvalue weighted by molar-refractivity contribution is 7.93. The minimum Gasteiger partial charge on any atom is -0.489 e. The molecule has 0 spiro atoms. The molecule has 0 saturated carbocycles. The molecule has 0 atom stereocenters. The molecular formula is C16H12Cl2N4O3S2. The maximum Gasteiger partial charge on any atom is 0.263 e. The van der Waals surface area contributed by atoms with E-state index in [1.807, 2.05) is 4.90 Å². The zero-order valence-electron chi connectivity index (χ0n) is 13.6. The number of anilines is 3. The maximum absolute atomic E-state index is 12.6. The van der Waals surface area contributed by atoms with Crippen LogP contribution in [0.3, 0.4) is 0 Å². The quantitative estimate of drug-likeness (QED) is 0.652. The second kappa shape index (κ2) is 7.16. The Morgan fingerprint density at radius 1 is 1.22 bits per heavy atom. The molecule has 1 aliphatic heterocycles. The van der Waals surface area contributed by atoms with Gasteiger partial charge in [0.25, 0.3) is 10.0 Å². The predicted octanol–water partition coefficient (Wildman–Crippen LogP) is 4.18. The zero-order chi connectivity index (χ0) is 19.0. The fourth-order valence-electron chi connectivity index (χ4n) is 2.64. The van der Waals surface area contributed by atoms with E-state index < -0.39 is 10.0 Å². The number of hydrogen-bond donors (Lipinski definition) is 1. The standard InChI is InChI=1S/C16H12Cl2N4O3S2/c17-10-7-12(18)15(20-9-10)22-4-5-25-14-8-11(1-2-13(14)22)27(23,24)21-16-19-3-6-26-16/h1-3,6-9H,4-5H2,(H,19,21). The average Bonchev–Trinajstić information content (AvgIpc) is 3.13. The van der Waals surface area contributed by atoms with E-state index in [9.17, 15) is 8.42 Å². The Balaban J connectivity index is 1.70. The first-order chi connectivity index (χ1) is 12.9. The molecule has 11 heteroatoms. The summed E-state index contributed by atoms with van der Waals surface area (Å²) in [6.45, 7) is 0.877. The molecule has 1 aromatic carbocycles. The van der Waals surface area contributed by atoms with Crippen LogP contribution in [0.1, 0.15) is 0 Å². The van der Waals surface area contributed by atoms with Crippen molar-refractivity contribution in [1.29, 1.82) is 0 Å². The molecule has 140 valence electrons. The lowest BCUT2D eigenvalue weighted by molar-refractivity contribution is 0.313. The number of ether oxygens (including phenoxy) is 1. The second-order valence-electron chi connectivity index (χ2n) is 5.53. The summed E-state index contributed by atoms with van der Waals surface area (Å²) in [6.07, 6.45) is 3.04. The molecule has 2 aromatic heterocycles. The molecule has 7 nitrogen and oxygen atoms in total. The van der Waals surface area contributed by atoms with Crippen molar-refractivity contribution in [2.24, 2.45) is 0 Å². The van der Waals surface area contributed by atoms with Gasteiger partial charge < -0.3 is 9.64 Å². The summed E-state index contributed by atoms with van der Waals surface area (Å²) in [5.41, 5.74) is 0.672. The molecule has 0 saturated heterocycles. The van der Waals surface area contributed by atoms with Gasteiger partial charge in [0.15, 0.2) is 10.9 Å². The molecule has 0 fully saturated rings. The first-order valence-electron chi connectivity index (χ1n) is 7.72. The summed E-state index contributed by atoms with van der Waals surface area (Å²) in [6, 6.07) is 6.25. The Morgan fingerprint density at radius 2 is 2.07 bits per heavy atom. The van der Waals surface area contributed by atoms with Gasteiger partial charge in [-0.2, -0.15) is 0 Å². The van der Waals surface area contributed by atoms with Gasteiger partial charge in [0.05, 0.1) is 27.2 Å². The SMILES string of the molecule is O=S(=O)(Nc1nccs1)c1ccc2c(c1)OCCN2c1ncc(Cl)cc1Cl. The minimum absolute atomic E-state index is 0.0773. The molecule has 0 aliphatic carbocycles. The molecule has 4 rings (SSSR count). The number of nitrogens with one attached hydrogen (secondary N) is 1. The number of rotatable bonds is 4. The summed E-state index contributed by atoms with van der Waals surface area (Å²) in [7, 11) is -3.77. The van der Waals surface area contributed by atoms with Crippen LogP contribution in [0.25, 0.3) is 0 Å². The van der Waals surface area contributed by atoms with Crippen molar-refractivity contribution >= 4 is 61.2 Å². The molecule has 27 heavy (non-hydrogen) atoms. The fourth-order valence-corrected chi connectivity index (χ4v) is 4.93. The first kappa shape index (κ1) is 18.3. The normalized spacial score (nSPS) is 13.8. The molecule has 1 aliphatic rings. The molecule has 3 aromatic rings. The minimum atomic E-state index is -3.77. The fraction of sp³-hybridized carbons (Fsp3) is 0.125. The Labute approximate surface area is 169 Å². The van der Waals surface area contributed by atoms with Gasteiger partial charge in [-0.15, -0.1) is 11.3 Å². The molecule has 3 heterocycles. The number of fused-ring (bicyclic) bond motifs is 1. The van der Waals surface area contributed by atoms with Crippen LogP contribution in [0.5, 0.6) is 5.75 Å². The topological polar surface area (TPSA) is 84.4 Å². The number of sulfonamides is 1. The van der Waals surface area contributed by atoms with E-state index in [2.05, 4.69) is 14.7 Å². The number of thiazole rings is 1. The van der Waals surface area contributed by atoms with Crippen molar-refractivity contribution < 1.29 is 13.2 Å². The largest absolute Gasteiger partial charge is 0.489 e. The number of nitrogens with zero attached hydrogens (tertiary/aromatic N) is 3. The Bertz CT molecular complexity index is 1090. The molecule has 0 unspecified atom stereocenters. The van der Waals surface area contributed by atoms with Gasteiger partial charge in [-0.25, -0.2) is 18.4 Å². The second-order valence-corrected chi connectivity index (χ2v) is 8.95. The molecular weight excluding hydrogens is 431 g/mol. The number of hydrogen-bond acceptors (Lipinski definition) is 7. The van der Waals surface area contributed by atoms with Gasteiger partial charge in [0, 0.05) is 23.8 Å². The van der Waals surface area contributed by atoms with E-state index in [0.29, 0.717) is 45.6 Å². The summed E-state index contributed by atoms with van der Waals surface area (Å²) < 4.78 is 33.2. The number of benzene rings is 1. The van der Waals surface area contributed by atoms with Crippen molar-refractivity contribution in [3.63, 3.8) is 0 Å². The van der Waals surface area contributed by atoms with Crippen LogP contribution in [0.2, 0.25) is 10.0 Å². The highest BCUT2D eigenvalue weighted by atomic mass is 35.5. The molecule has 0 radical (unpaired) electrons. The third kappa shape index (κ3) is 3.68. The third-order valence-corrected chi connectivity index (χ3v) is 6.44. The third-order valence-electron chi connectivity index (χ3n) is 3.80. The molecule has 0 amide bonds. The van der Waals surface area contributed by atoms with E-state index in [0.717, 1.165) is 0 Å². The van der Waals surface area contributed by atoms with Crippen LogP contribution in [-0.2, 0) is 10.0 Å². The molecule has 1 N–H and O–H groups in total. The maximum atomic E-state index is 12.6. The lowest BCUT2D eigenvalue weighted by Crippen LogP contribution is -2.29. The highest BCUT2D eigenvalue weighted by Crippen LogP contribution is 2.40. The van der Waals surface area contributed by atoms with Gasteiger partial charge in [-0.1, -0.05) is 23.2 Å². The smallest absolute Gasteiger partial charge is 0.263 e. The van der Waals surface area contributed by atoms with Crippen molar-refractivity contribution in [3.8, 4) is 5.75 Å². The van der Waals surface area contributed by atoms with E-state index in [1.54, 1.807) is 17.5 Å². The van der Waals surface area contributed by atoms with Crippen LogP contribution in [-0.4, -0.2) is 31.5 Å². The van der Waals surface area contributed by atoms with Gasteiger partial charge in [0.1, 0.15) is 12.4 Å². The summed E-state index contributed by atoms with van der Waals surface area (Å²) >= 11 is 13.4. The lowest BCUT2D eigenvalue weighted by Gasteiger charge is -2.31. The summed E-state index contributed by atoms with van der Waals surface area (Å²) in [5.74, 6) is 0.957. The van der Waals surface area contributed by atoms with Gasteiger partial charge in [-0.3, -0.25) is 4.72 Å². The van der Waals surface area contributed by atoms with E-state index in [1.165, 1.54) is 35.9 Å². The van der Waals surface area contributed by atoms with E-state index in [4.69, 9.17) is 27.9 Å². The highest BCUT2D eigenvalue weighted by Gasteiger charge is 2.25. The Kier molecular flexibility index (Phi) is 4.85. The van der Waals surface area contributed by atoms with Gasteiger partial charge in [-0.05, 0) is 18.2 Å². The summed E-state index contributed by atoms with van der Waals surface area (Å²) in [5, 5.41) is 2.83. The van der Waals surface area contributed by atoms with Crippen molar-refractivity contribution in [3.05, 3.63) is 52.1 Å². The zero-order valence-corrected chi connectivity index (χ0v) is 16.7. The average molecular weight is 443 g/mol. The first-order valence-corrected chi connectivity index (χ1v) is 10.8.